The molecule has 0 saturated heterocycles. The molecule has 0 bridgehead atoms. The summed E-state index contributed by atoms with van der Waals surface area (Å²) >= 11 is 0. The number of nitrogens with one attached hydrogen (secondary N) is 2. The molecular weight excluding hydrogens is 386 g/mol. The molecule has 0 fully saturated rings. The second-order valence-electron chi connectivity index (χ2n) is 8.34. The largest absolute Gasteiger partial charge is 0.347 e. The number of rotatable bonds is 5. The van der Waals surface area contributed by atoms with E-state index < -0.39 is 0 Å². The predicted molar refractivity (Wildman–Crippen MR) is 122 cm³/mol. The number of allylic oxidation sites excluding steroid dienone is 1. The van der Waals surface area contributed by atoms with Gasteiger partial charge in [-0.2, -0.15) is 0 Å². The third kappa shape index (κ3) is 3.81. The highest BCUT2D eigenvalue weighted by Crippen LogP contribution is 2.50. The number of aryl methyl sites for hydroxylation is 2. The first-order chi connectivity index (χ1) is 14.8. The number of anilines is 1. The van der Waals surface area contributed by atoms with Gasteiger partial charge in [0.1, 0.15) is 11.5 Å². The summed E-state index contributed by atoms with van der Waals surface area (Å²) in [6.07, 6.45) is 3.56. The monoisotopic (exact) mass is 413 g/mol. The highest BCUT2D eigenvalue weighted by molar-refractivity contribution is 5.92. The molecule has 0 radical (unpaired) electrons. The van der Waals surface area contributed by atoms with Crippen molar-refractivity contribution < 1.29 is 4.79 Å². The Hall–Kier alpha value is -3.54. The van der Waals surface area contributed by atoms with Crippen LogP contribution in [0, 0.1) is 13.8 Å². The number of pyridine rings is 3. The van der Waals surface area contributed by atoms with E-state index >= 15 is 0 Å². The normalized spacial score (nSPS) is 18.3. The lowest BCUT2D eigenvalue weighted by molar-refractivity contribution is 0.0946. The maximum Gasteiger partial charge on any atom is 0.270 e. The van der Waals surface area contributed by atoms with Crippen LogP contribution in [0.4, 0.5) is 5.82 Å². The Morgan fingerprint density at radius 1 is 1.19 bits per heavy atom. The van der Waals surface area contributed by atoms with Gasteiger partial charge < -0.3 is 10.6 Å². The van der Waals surface area contributed by atoms with Gasteiger partial charge in [0.05, 0.1) is 0 Å². The minimum Gasteiger partial charge on any atom is -0.347 e. The van der Waals surface area contributed by atoms with E-state index in [2.05, 4.69) is 52.1 Å². The molecule has 1 aliphatic rings. The number of fused-ring (bicyclic) bond motifs is 1. The SMILES string of the molecule is C=C1Nc2ncccc2C1(C)[C@H](C)c1ccc(C(=O)NCc2cc(C)nc(C)c2)nc1. The van der Waals surface area contributed by atoms with E-state index in [4.69, 9.17) is 0 Å². The van der Waals surface area contributed by atoms with Crippen LogP contribution in [-0.2, 0) is 12.0 Å². The van der Waals surface area contributed by atoms with Crippen LogP contribution in [0.5, 0.6) is 0 Å². The van der Waals surface area contributed by atoms with Crippen LogP contribution in [0.25, 0.3) is 0 Å². The van der Waals surface area contributed by atoms with Gasteiger partial charge in [0.15, 0.2) is 0 Å². The highest BCUT2D eigenvalue weighted by Gasteiger charge is 2.43. The summed E-state index contributed by atoms with van der Waals surface area (Å²) in [6.45, 7) is 12.9. The summed E-state index contributed by atoms with van der Waals surface area (Å²) in [6, 6.07) is 11.7. The topological polar surface area (TPSA) is 79.8 Å². The first kappa shape index (κ1) is 20.7. The van der Waals surface area contributed by atoms with E-state index in [9.17, 15) is 4.79 Å². The standard InChI is InChI=1S/C25H27N5O/c1-15-11-19(12-16(2)29-15)13-28-24(31)22-9-8-20(14-27-22)17(3)25(5)18(4)30-23-21(25)7-6-10-26-23/h6-12,14,17H,4,13H2,1-3,5H3,(H,26,30)(H,28,31)/t17-,25?/m1/s1. The summed E-state index contributed by atoms with van der Waals surface area (Å²) in [4.78, 5) is 25.8. The van der Waals surface area contributed by atoms with Crippen LogP contribution in [0.3, 0.4) is 0 Å². The van der Waals surface area contributed by atoms with Gasteiger partial charge in [-0.05, 0) is 62.1 Å². The van der Waals surface area contributed by atoms with Gasteiger partial charge in [-0.15, -0.1) is 0 Å². The Balaban J connectivity index is 1.49. The first-order valence-electron chi connectivity index (χ1n) is 10.4. The Bertz CT molecular complexity index is 1130. The molecule has 1 amide bonds. The zero-order valence-corrected chi connectivity index (χ0v) is 18.4. The number of hydrogen-bond acceptors (Lipinski definition) is 5. The highest BCUT2D eigenvalue weighted by atomic mass is 16.1. The second-order valence-corrected chi connectivity index (χ2v) is 8.34. The maximum atomic E-state index is 12.6. The van der Waals surface area contributed by atoms with Crippen LogP contribution in [0.2, 0.25) is 0 Å². The van der Waals surface area contributed by atoms with Crippen molar-refractivity contribution in [3.8, 4) is 0 Å². The average Bonchev–Trinajstić information content (AvgIpc) is 3.02. The lowest BCUT2D eigenvalue weighted by Gasteiger charge is -2.33. The molecular formula is C25H27N5O. The lowest BCUT2D eigenvalue weighted by Crippen LogP contribution is -2.29. The van der Waals surface area contributed by atoms with Gasteiger partial charge in [0.25, 0.3) is 5.91 Å². The Morgan fingerprint density at radius 2 is 1.94 bits per heavy atom. The zero-order chi connectivity index (χ0) is 22.2. The molecule has 1 unspecified atom stereocenters. The van der Waals surface area contributed by atoms with E-state index in [1.165, 1.54) is 0 Å². The molecule has 4 heterocycles. The molecule has 1 aliphatic heterocycles. The minimum atomic E-state index is -0.313. The van der Waals surface area contributed by atoms with Gasteiger partial charge in [0, 0.05) is 47.0 Å². The summed E-state index contributed by atoms with van der Waals surface area (Å²) < 4.78 is 0. The minimum absolute atomic E-state index is 0.102. The van der Waals surface area contributed by atoms with Crippen LogP contribution in [0.15, 0.2) is 61.1 Å². The van der Waals surface area contributed by atoms with E-state index in [0.717, 1.165) is 39.6 Å². The average molecular weight is 414 g/mol. The van der Waals surface area contributed by atoms with E-state index in [0.29, 0.717) is 12.2 Å². The molecule has 6 heteroatoms. The molecule has 4 rings (SSSR count). The summed E-state index contributed by atoms with van der Waals surface area (Å²) in [7, 11) is 0. The van der Waals surface area contributed by atoms with Crippen LogP contribution in [-0.4, -0.2) is 20.9 Å². The molecule has 0 saturated carbocycles. The van der Waals surface area contributed by atoms with Gasteiger partial charge in [-0.3, -0.25) is 14.8 Å². The first-order valence-corrected chi connectivity index (χ1v) is 10.4. The van der Waals surface area contributed by atoms with Gasteiger partial charge >= 0.3 is 0 Å². The molecule has 158 valence electrons. The lowest BCUT2D eigenvalue weighted by atomic mass is 9.70. The van der Waals surface area contributed by atoms with Crippen molar-refractivity contribution in [2.24, 2.45) is 0 Å². The zero-order valence-electron chi connectivity index (χ0n) is 18.4. The van der Waals surface area contributed by atoms with Gasteiger partial charge in [0.2, 0.25) is 0 Å². The quantitative estimate of drug-likeness (QED) is 0.647. The molecule has 0 aliphatic carbocycles. The van der Waals surface area contributed by atoms with Crippen molar-refractivity contribution in [3.05, 3.63) is 94.8 Å². The Morgan fingerprint density at radius 3 is 2.61 bits per heavy atom. The van der Waals surface area contributed by atoms with Crippen molar-refractivity contribution >= 4 is 11.7 Å². The summed E-state index contributed by atoms with van der Waals surface area (Å²) in [5, 5.41) is 6.25. The molecule has 3 aromatic heterocycles. The van der Waals surface area contributed by atoms with Crippen LogP contribution >= 0.6 is 0 Å². The molecule has 0 aromatic carbocycles. The Labute approximate surface area is 182 Å². The van der Waals surface area contributed by atoms with Gasteiger partial charge in [-0.25, -0.2) is 4.98 Å². The van der Waals surface area contributed by atoms with Crippen molar-refractivity contribution in [1.29, 1.82) is 0 Å². The molecule has 3 aromatic rings. The molecule has 2 atom stereocenters. The molecule has 31 heavy (non-hydrogen) atoms. The van der Waals surface area contributed by atoms with Gasteiger partial charge in [-0.1, -0.05) is 25.6 Å². The third-order valence-corrected chi connectivity index (χ3v) is 6.24. The smallest absolute Gasteiger partial charge is 0.270 e. The maximum absolute atomic E-state index is 12.6. The molecule has 0 spiro atoms. The van der Waals surface area contributed by atoms with Crippen LogP contribution < -0.4 is 10.6 Å². The van der Waals surface area contributed by atoms with E-state index in [1.54, 1.807) is 18.5 Å². The fourth-order valence-electron chi connectivity index (χ4n) is 4.28. The van der Waals surface area contributed by atoms with E-state index in [1.807, 2.05) is 38.1 Å². The predicted octanol–water partition coefficient (Wildman–Crippen LogP) is 4.42. The number of amides is 1. The molecule has 6 nitrogen and oxygen atoms in total. The number of aromatic nitrogens is 3. The number of nitrogens with zero attached hydrogens (tertiary/aromatic N) is 3. The fraction of sp³-hybridized carbons (Fsp3) is 0.280. The van der Waals surface area contributed by atoms with Crippen molar-refractivity contribution in [2.75, 3.05) is 5.32 Å². The summed E-state index contributed by atoms with van der Waals surface area (Å²) in [5.74, 6) is 0.761. The number of carbonyl (C=O) groups excluding carboxylic acids is 1. The molecule has 2 N–H and O–H groups in total. The van der Waals surface area contributed by atoms with Crippen molar-refractivity contribution in [3.63, 3.8) is 0 Å². The number of hydrogen-bond donors (Lipinski definition) is 2. The van der Waals surface area contributed by atoms with E-state index in [-0.39, 0.29) is 17.2 Å². The van der Waals surface area contributed by atoms with Crippen molar-refractivity contribution in [1.82, 2.24) is 20.3 Å². The second kappa shape index (κ2) is 7.95. The Kier molecular flexibility index (Phi) is 5.31. The number of carbonyl (C=O) groups is 1. The van der Waals surface area contributed by atoms with Crippen LogP contribution in [0.1, 0.15) is 58.3 Å². The van der Waals surface area contributed by atoms with Crippen molar-refractivity contribution in [2.45, 2.75) is 45.6 Å². The summed E-state index contributed by atoms with van der Waals surface area (Å²) in [5.41, 5.74) is 6.06. The fourth-order valence-corrected chi connectivity index (χ4v) is 4.28. The third-order valence-electron chi connectivity index (χ3n) is 6.24.